The molecule has 0 bridgehead atoms. The molecule has 0 aromatic carbocycles. The molecule has 0 spiro atoms. The van der Waals surface area contributed by atoms with E-state index in [9.17, 15) is 4.79 Å². The minimum atomic E-state index is -0.0349. The topological polar surface area (TPSA) is 61.4 Å². The van der Waals surface area contributed by atoms with Crippen molar-refractivity contribution in [2.45, 2.75) is 32.9 Å². The number of amides is 1. The van der Waals surface area contributed by atoms with Crippen LogP contribution in [0.4, 0.5) is 5.82 Å². The van der Waals surface area contributed by atoms with Crippen molar-refractivity contribution >= 4 is 11.7 Å². The zero-order valence-corrected chi connectivity index (χ0v) is 12.6. The van der Waals surface area contributed by atoms with Gasteiger partial charge in [0, 0.05) is 31.7 Å². The second kappa shape index (κ2) is 6.17. The molecule has 6 heteroatoms. The van der Waals surface area contributed by atoms with Crippen LogP contribution in [0, 0.1) is 0 Å². The lowest BCUT2D eigenvalue weighted by Gasteiger charge is -2.42. The first-order valence-electron chi connectivity index (χ1n) is 7.11. The highest BCUT2D eigenvalue weighted by Crippen LogP contribution is 2.15. The molecule has 1 aliphatic rings. The van der Waals surface area contributed by atoms with E-state index in [1.807, 2.05) is 11.8 Å². The molecule has 1 aromatic heterocycles. The number of nitrogens with zero attached hydrogens (tertiary/aromatic N) is 4. The van der Waals surface area contributed by atoms with E-state index >= 15 is 0 Å². The second-order valence-electron chi connectivity index (χ2n) is 5.41. The number of hydrogen-bond donors (Lipinski definition) is 1. The molecule has 2 heterocycles. The van der Waals surface area contributed by atoms with E-state index < -0.39 is 0 Å². The molecule has 1 saturated heterocycles. The molecular formula is C14H23N5O. The third-order valence-electron chi connectivity index (χ3n) is 3.89. The Labute approximate surface area is 120 Å². The normalized spacial score (nSPS) is 23.7. The predicted molar refractivity (Wildman–Crippen MR) is 78.8 cm³/mol. The fraction of sp³-hybridized carbons (Fsp3) is 0.643. The minimum Gasteiger partial charge on any atom is -0.369 e. The Hall–Kier alpha value is -1.69. The van der Waals surface area contributed by atoms with Crippen LogP contribution in [0.5, 0.6) is 0 Å². The molecule has 6 nitrogen and oxygen atoms in total. The smallest absolute Gasteiger partial charge is 0.274 e. The second-order valence-corrected chi connectivity index (χ2v) is 5.41. The van der Waals surface area contributed by atoms with Gasteiger partial charge in [-0.25, -0.2) is 0 Å². The molecule has 1 aliphatic heterocycles. The highest BCUT2D eigenvalue weighted by Gasteiger charge is 2.30. The number of carbonyl (C=O) groups excluding carboxylic acids is 1. The maximum Gasteiger partial charge on any atom is 0.274 e. The standard InChI is InChI=1S/C14H23N5O/c1-5-15-13-7-6-12(16-17-13)14(20)19-8-10(2)18(4)11(3)9-19/h6-7,10-11H,5,8-9H2,1-4H3,(H,15,17). The summed E-state index contributed by atoms with van der Waals surface area (Å²) in [7, 11) is 2.10. The summed E-state index contributed by atoms with van der Waals surface area (Å²) in [6.07, 6.45) is 0. The van der Waals surface area contributed by atoms with Crippen molar-refractivity contribution in [2.24, 2.45) is 0 Å². The predicted octanol–water partition coefficient (Wildman–Crippen LogP) is 1.07. The Morgan fingerprint density at radius 2 is 1.95 bits per heavy atom. The average Bonchev–Trinajstić information content (AvgIpc) is 2.44. The molecule has 2 rings (SSSR count). The number of carbonyl (C=O) groups is 1. The molecular weight excluding hydrogens is 254 g/mol. The molecule has 1 N–H and O–H groups in total. The summed E-state index contributed by atoms with van der Waals surface area (Å²) in [5.74, 6) is 0.663. The van der Waals surface area contributed by atoms with Crippen LogP contribution >= 0.6 is 0 Å². The van der Waals surface area contributed by atoms with Gasteiger partial charge in [-0.1, -0.05) is 0 Å². The largest absolute Gasteiger partial charge is 0.369 e. The number of anilines is 1. The van der Waals surface area contributed by atoms with Crippen LogP contribution in [0.3, 0.4) is 0 Å². The molecule has 20 heavy (non-hydrogen) atoms. The highest BCUT2D eigenvalue weighted by molar-refractivity contribution is 5.92. The average molecular weight is 277 g/mol. The minimum absolute atomic E-state index is 0.0349. The number of likely N-dealkylation sites (N-methyl/N-ethyl adjacent to an activating group) is 1. The Balaban J connectivity index is 2.07. The van der Waals surface area contributed by atoms with Gasteiger partial charge in [-0.2, -0.15) is 0 Å². The molecule has 1 aromatic rings. The molecule has 0 radical (unpaired) electrons. The SMILES string of the molecule is CCNc1ccc(C(=O)N2CC(C)N(C)C(C)C2)nn1. The van der Waals surface area contributed by atoms with Gasteiger partial charge in [0.25, 0.3) is 5.91 Å². The van der Waals surface area contributed by atoms with Crippen molar-refractivity contribution in [2.75, 3.05) is 32.0 Å². The molecule has 1 fully saturated rings. The van der Waals surface area contributed by atoms with Gasteiger partial charge in [0.15, 0.2) is 5.69 Å². The van der Waals surface area contributed by atoms with Crippen molar-refractivity contribution < 1.29 is 4.79 Å². The lowest BCUT2D eigenvalue weighted by molar-refractivity contribution is 0.0408. The highest BCUT2D eigenvalue weighted by atomic mass is 16.2. The number of aromatic nitrogens is 2. The van der Waals surface area contributed by atoms with E-state index in [0.29, 0.717) is 23.6 Å². The Morgan fingerprint density at radius 1 is 1.30 bits per heavy atom. The quantitative estimate of drug-likeness (QED) is 0.895. The summed E-state index contributed by atoms with van der Waals surface area (Å²) in [5.41, 5.74) is 0.413. The molecule has 2 unspecified atom stereocenters. The van der Waals surface area contributed by atoms with Gasteiger partial charge in [-0.15, -0.1) is 10.2 Å². The molecule has 2 atom stereocenters. The summed E-state index contributed by atoms with van der Waals surface area (Å²) < 4.78 is 0. The Kier molecular flexibility index (Phi) is 4.54. The van der Waals surface area contributed by atoms with Crippen LogP contribution in [-0.4, -0.2) is 64.7 Å². The van der Waals surface area contributed by atoms with Crippen LogP contribution < -0.4 is 5.32 Å². The van der Waals surface area contributed by atoms with Crippen LogP contribution in [-0.2, 0) is 0 Å². The van der Waals surface area contributed by atoms with E-state index in [1.54, 1.807) is 12.1 Å². The fourth-order valence-electron chi connectivity index (χ4n) is 2.45. The summed E-state index contributed by atoms with van der Waals surface area (Å²) in [6, 6.07) is 4.25. The van der Waals surface area contributed by atoms with Crippen LogP contribution in [0.15, 0.2) is 12.1 Å². The van der Waals surface area contributed by atoms with Gasteiger partial charge >= 0.3 is 0 Å². The maximum absolute atomic E-state index is 12.5. The molecule has 1 amide bonds. The molecule has 0 aliphatic carbocycles. The number of rotatable bonds is 3. The van der Waals surface area contributed by atoms with Crippen LogP contribution in [0.1, 0.15) is 31.3 Å². The fourth-order valence-corrected chi connectivity index (χ4v) is 2.45. The first-order valence-corrected chi connectivity index (χ1v) is 7.11. The number of hydrogen-bond acceptors (Lipinski definition) is 5. The number of nitrogens with one attached hydrogen (secondary N) is 1. The molecule has 0 saturated carbocycles. The van der Waals surface area contributed by atoms with E-state index in [-0.39, 0.29) is 5.91 Å². The van der Waals surface area contributed by atoms with Crippen molar-refractivity contribution in [1.82, 2.24) is 20.0 Å². The summed E-state index contributed by atoms with van der Waals surface area (Å²) in [4.78, 5) is 16.6. The van der Waals surface area contributed by atoms with Gasteiger partial charge in [0.1, 0.15) is 5.82 Å². The van der Waals surface area contributed by atoms with Gasteiger partial charge in [0.2, 0.25) is 0 Å². The lowest BCUT2D eigenvalue weighted by atomic mass is 10.1. The monoisotopic (exact) mass is 277 g/mol. The van der Waals surface area contributed by atoms with Crippen molar-refractivity contribution in [3.63, 3.8) is 0 Å². The Bertz CT molecular complexity index is 449. The maximum atomic E-state index is 12.5. The zero-order chi connectivity index (χ0) is 14.7. The van der Waals surface area contributed by atoms with Crippen molar-refractivity contribution in [3.05, 3.63) is 17.8 Å². The van der Waals surface area contributed by atoms with E-state index in [4.69, 9.17) is 0 Å². The van der Waals surface area contributed by atoms with E-state index in [0.717, 1.165) is 19.6 Å². The van der Waals surface area contributed by atoms with E-state index in [1.165, 1.54) is 0 Å². The Morgan fingerprint density at radius 3 is 2.45 bits per heavy atom. The third kappa shape index (κ3) is 3.07. The van der Waals surface area contributed by atoms with Crippen molar-refractivity contribution in [3.8, 4) is 0 Å². The van der Waals surface area contributed by atoms with E-state index in [2.05, 4.69) is 41.3 Å². The van der Waals surface area contributed by atoms with Gasteiger partial charge < -0.3 is 10.2 Å². The first kappa shape index (κ1) is 14.7. The third-order valence-corrected chi connectivity index (χ3v) is 3.89. The van der Waals surface area contributed by atoms with Gasteiger partial charge in [0.05, 0.1) is 0 Å². The number of piperazine rings is 1. The van der Waals surface area contributed by atoms with Gasteiger partial charge in [-0.3, -0.25) is 9.69 Å². The van der Waals surface area contributed by atoms with Crippen LogP contribution in [0.25, 0.3) is 0 Å². The van der Waals surface area contributed by atoms with Crippen molar-refractivity contribution in [1.29, 1.82) is 0 Å². The zero-order valence-electron chi connectivity index (χ0n) is 12.6. The molecule has 110 valence electrons. The first-order chi connectivity index (χ1) is 9.52. The lowest BCUT2D eigenvalue weighted by Crippen LogP contribution is -2.56. The van der Waals surface area contributed by atoms with Crippen LogP contribution in [0.2, 0.25) is 0 Å². The van der Waals surface area contributed by atoms with Gasteiger partial charge in [-0.05, 0) is 40.0 Å². The summed E-state index contributed by atoms with van der Waals surface area (Å²) in [6.45, 7) is 8.52. The summed E-state index contributed by atoms with van der Waals surface area (Å²) >= 11 is 0. The summed E-state index contributed by atoms with van der Waals surface area (Å²) in [5, 5.41) is 11.1.